The topological polar surface area (TPSA) is 34.3 Å². The monoisotopic (exact) mass is 289 g/mol. The molecule has 0 aliphatic heterocycles. The quantitative estimate of drug-likeness (QED) is 0.851. The number of aryl methyl sites for hydroxylation is 1. The fourth-order valence-electron chi connectivity index (χ4n) is 1.75. The van der Waals surface area contributed by atoms with Gasteiger partial charge in [0.25, 0.3) is 0 Å². The summed E-state index contributed by atoms with van der Waals surface area (Å²) < 4.78 is 0. The van der Waals surface area contributed by atoms with Crippen LogP contribution in [0.25, 0.3) is 16.1 Å². The van der Waals surface area contributed by atoms with E-state index in [0.717, 1.165) is 27.6 Å². The molecule has 16 heavy (non-hydrogen) atoms. The molecule has 0 aliphatic carbocycles. The van der Waals surface area contributed by atoms with Crippen LogP contribution in [0.4, 0.5) is 5.69 Å². The van der Waals surface area contributed by atoms with Crippen molar-refractivity contribution in [2.75, 3.05) is 7.05 Å². The van der Waals surface area contributed by atoms with Crippen LogP contribution in [0, 0.1) is 13.8 Å². The van der Waals surface area contributed by atoms with Gasteiger partial charge in [-0.15, -0.1) is 12.7 Å². The third kappa shape index (κ3) is 2.23. The number of hydrogen-bond donors (Lipinski definition) is 1. The second kappa shape index (κ2) is 5.16. The zero-order valence-electron chi connectivity index (χ0n) is 9.78. The van der Waals surface area contributed by atoms with Crippen LogP contribution in [0.15, 0.2) is 24.3 Å². The molecule has 2 nitrogen and oxygen atoms in total. The first-order chi connectivity index (χ1) is 7.13. The van der Waals surface area contributed by atoms with Crippen LogP contribution in [0.2, 0.25) is 0 Å². The molecule has 2 aromatic rings. The number of nitrogens with zero attached hydrogens (tertiary/aromatic N) is 1. The third-order valence-corrected chi connectivity index (χ3v) is 2.87. The molecule has 2 rings (SSSR count). The molecular weight excluding hydrogens is 275 g/mol. The SMILES string of the molecule is C[N-]c1ccc2c(O)c(C)c(C)cc2c1.[Y+3]. The Hall–Kier alpha value is -0.596. The summed E-state index contributed by atoms with van der Waals surface area (Å²) in [6, 6.07) is 7.90. The molecule has 0 amide bonds. The average Bonchev–Trinajstić information content (AvgIpc) is 2.25. The van der Waals surface area contributed by atoms with Crippen molar-refractivity contribution in [1.82, 2.24) is 0 Å². The molecule has 0 radical (unpaired) electrons. The van der Waals surface area contributed by atoms with Crippen molar-refractivity contribution >= 4 is 16.5 Å². The largest absolute Gasteiger partial charge is 3.00 e. The van der Waals surface area contributed by atoms with Crippen molar-refractivity contribution in [1.29, 1.82) is 0 Å². The molecule has 0 aromatic heterocycles. The summed E-state index contributed by atoms with van der Waals surface area (Å²) >= 11 is 0. The zero-order valence-corrected chi connectivity index (χ0v) is 12.6. The summed E-state index contributed by atoms with van der Waals surface area (Å²) in [6.07, 6.45) is 0. The second-order valence-corrected chi connectivity index (χ2v) is 3.80. The molecule has 2 aromatic carbocycles. The van der Waals surface area contributed by atoms with Crippen molar-refractivity contribution in [2.24, 2.45) is 0 Å². The first-order valence-electron chi connectivity index (χ1n) is 4.96. The van der Waals surface area contributed by atoms with Gasteiger partial charge in [-0.05, 0) is 30.4 Å². The number of aromatic hydroxyl groups is 1. The minimum absolute atomic E-state index is 0. The molecule has 0 saturated heterocycles. The molecule has 78 valence electrons. The molecule has 0 bridgehead atoms. The predicted octanol–water partition coefficient (Wildman–Crippen LogP) is 3.79. The van der Waals surface area contributed by atoms with E-state index in [2.05, 4.69) is 11.4 Å². The number of hydrogen-bond acceptors (Lipinski definition) is 1. The molecule has 1 N–H and O–H groups in total. The standard InChI is InChI=1S/C13H14NO.Y/c1-8-6-10-7-11(14-3)4-5-12(10)13(15)9(8)2;/h4-7,15H,1-3H3;/q-1;+3. The molecule has 0 spiro atoms. The molecule has 0 unspecified atom stereocenters. The Balaban J connectivity index is 0.00000128. The maximum atomic E-state index is 9.97. The van der Waals surface area contributed by atoms with Crippen molar-refractivity contribution in [3.8, 4) is 5.75 Å². The van der Waals surface area contributed by atoms with Crippen LogP contribution < -0.4 is 0 Å². The fourth-order valence-corrected chi connectivity index (χ4v) is 1.75. The van der Waals surface area contributed by atoms with Gasteiger partial charge in [-0.25, -0.2) is 0 Å². The minimum Gasteiger partial charge on any atom is -0.687 e. The van der Waals surface area contributed by atoms with E-state index in [-0.39, 0.29) is 32.7 Å². The third-order valence-electron chi connectivity index (χ3n) is 2.87. The molecule has 0 heterocycles. The maximum absolute atomic E-state index is 9.97. The van der Waals surface area contributed by atoms with Crippen LogP contribution in [-0.4, -0.2) is 12.2 Å². The van der Waals surface area contributed by atoms with E-state index in [0.29, 0.717) is 5.75 Å². The predicted molar refractivity (Wildman–Crippen MR) is 64.0 cm³/mol. The Bertz CT molecular complexity index is 523. The van der Waals surface area contributed by atoms with E-state index in [1.165, 1.54) is 0 Å². The Kier molecular flexibility index (Phi) is 4.34. The van der Waals surface area contributed by atoms with Crippen LogP contribution in [0.3, 0.4) is 0 Å². The zero-order chi connectivity index (χ0) is 11.0. The molecule has 3 heteroatoms. The van der Waals surface area contributed by atoms with Crippen molar-refractivity contribution in [3.63, 3.8) is 0 Å². The van der Waals surface area contributed by atoms with Gasteiger partial charge < -0.3 is 10.4 Å². The van der Waals surface area contributed by atoms with E-state index in [1.54, 1.807) is 7.05 Å². The Morgan fingerprint density at radius 2 is 1.81 bits per heavy atom. The number of rotatable bonds is 1. The summed E-state index contributed by atoms with van der Waals surface area (Å²) in [6.45, 7) is 3.94. The van der Waals surface area contributed by atoms with Gasteiger partial charge in [-0.1, -0.05) is 24.3 Å². The Morgan fingerprint density at radius 3 is 2.44 bits per heavy atom. The van der Waals surface area contributed by atoms with Gasteiger partial charge in [0.15, 0.2) is 0 Å². The van der Waals surface area contributed by atoms with E-state index in [4.69, 9.17) is 0 Å². The van der Waals surface area contributed by atoms with Crippen LogP contribution >= 0.6 is 0 Å². The Morgan fingerprint density at radius 1 is 1.12 bits per heavy atom. The van der Waals surface area contributed by atoms with E-state index >= 15 is 0 Å². The van der Waals surface area contributed by atoms with Crippen LogP contribution in [-0.2, 0) is 32.7 Å². The molecular formula is C13H14NOY+2. The summed E-state index contributed by atoms with van der Waals surface area (Å²) in [7, 11) is 1.77. The van der Waals surface area contributed by atoms with Crippen LogP contribution in [0.5, 0.6) is 5.75 Å². The molecule has 0 atom stereocenters. The fraction of sp³-hybridized carbons (Fsp3) is 0.231. The van der Waals surface area contributed by atoms with E-state index < -0.39 is 0 Å². The van der Waals surface area contributed by atoms with Gasteiger partial charge in [0.1, 0.15) is 5.75 Å². The van der Waals surface area contributed by atoms with E-state index in [1.807, 2.05) is 32.0 Å². The smallest absolute Gasteiger partial charge is 0.687 e. The van der Waals surface area contributed by atoms with Crippen molar-refractivity contribution in [3.05, 3.63) is 40.7 Å². The number of fused-ring (bicyclic) bond motifs is 1. The minimum atomic E-state index is 0. The van der Waals surface area contributed by atoms with Gasteiger partial charge in [0.05, 0.1) is 0 Å². The second-order valence-electron chi connectivity index (χ2n) is 3.80. The first-order valence-corrected chi connectivity index (χ1v) is 4.96. The number of phenols is 1. The molecule has 0 fully saturated rings. The van der Waals surface area contributed by atoms with Gasteiger partial charge in [0, 0.05) is 5.39 Å². The number of phenolic OH excluding ortho intramolecular Hbond substituents is 1. The van der Waals surface area contributed by atoms with Crippen LogP contribution in [0.1, 0.15) is 11.1 Å². The maximum Gasteiger partial charge on any atom is 3.00 e. The molecule has 0 aliphatic rings. The van der Waals surface area contributed by atoms with Gasteiger partial charge in [0.2, 0.25) is 0 Å². The van der Waals surface area contributed by atoms with Crippen molar-refractivity contribution in [2.45, 2.75) is 13.8 Å². The normalized spacial score (nSPS) is 9.94. The first kappa shape index (κ1) is 13.5. The average molecular weight is 289 g/mol. The van der Waals surface area contributed by atoms with E-state index in [9.17, 15) is 5.11 Å². The Labute approximate surface area is 121 Å². The summed E-state index contributed by atoms with van der Waals surface area (Å²) in [5.74, 6) is 0.382. The number of benzene rings is 2. The van der Waals surface area contributed by atoms with Crippen molar-refractivity contribution < 1.29 is 37.8 Å². The summed E-state index contributed by atoms with van der Waals surface area (Å²) in [4.78, 5) is 0. The summed E-state index contributed by atoms with van der Waals surface area (Å²) in [5.41, 5.74) is 2.99. The van der Waals surface area contributed by atoms with Gasteiger partial charge in [-0.3, -0.25) is 0 Å². The van der Waals surface area contributed by atoms with Gasteiger partial charge in [-0.2, -0.15) is 0 Å². The summed E-state index contributed by atoms with van der Waals surface area (Å²) in [5, 5.41) is 16.0. The van der Waals surface area contributed by atoms with Gasteiger partial charge >= 0.3 is 32.7 Å². The molecule has 0 saturated carbocycles.